The lowest BCUT2D eigenvalue weighted by molar-refractivity contribution is 0.407. The van der Waals surface area contributed by atoms with Gasteiger partial charge in [-0.1, -0.05) is 67.7 Å². The molecule has 0 rings (SSSR count). The largest absolute Gasteiger partial charge is 0.0654 e. The van der Waals surface area contributed by atoms with Crippen molar-refractivity contribution < 1.29 is 0 Å². The van der Waals surface area contributed by atoms with Crippen LogP contribution in [-0.2, 0) is 0 Å². The van der Waals surface area contributed by atoms with Crippen LogP contribution in [0.4, 0.5) is 0 Å². The molecule has 0 N–H and O–H groups in total. The quantitative estimate of drug-likeness (QED) is 0.571. The summed E-state index contributed by atoms with van der Waals surface area (Å²) in [7, 11) is 0. The first-order valence-electron chi connectivity index (χ1n) is 5.95. The van der Waals surface area contributed by atoms with Crippen molar-refractivity contribution in [2.45, 2.75) is 67.7 Å². The third-order valence-corrected chi connectivity index (χ3v) is 2.65. The topological polar surface area (TPSA) is 0 Å². The average molecular weight is 186 g/mol. The van der Waals surface area contributed by atoms with E-state index in [1.807, 2.05) is 0 Å². The number of rotatable bonds is 4. The zero-order valence-electron chi connectivity index (χ0n) is 10.9. The van der Waals surface area contributed by atoms with Gasteiger partial charge >= 0.3 is 0 Å². The normalized spacial score (nSPS) is 12.7. The van der Waals surface area contributed by atoms with Gasteiger partial charge in [-0.2, -0.15) is 0 Å². The van der Waals surface area contributed by atoms with Crippen molar-refractivity contribution in [1.29, 1.82) is 0 Å². The lowest BCUT2D eigenvalue weighted by Crippen LogP contribution is -2.00. The fourth-order valence-electron chi connectivity index (χ4n) is 1.05. The van der Waals surface area contributed by atoms with Gasteiger partial charge in [0, 0.05) is 0 Å². The van der Waals surface area contributed by atoms with Gasteiger partial charge in [-0.25, -0.2) is 0 Å². The Morgan fingerprint density at radius 1 is 0.846 bits per heavy atom. The minimum absolute atomic E-state index is 0.866. The van der Waals surface area contributed by atoms with E-state index in [4.69, 9.17) is 0 Å². The van der Waals surface area contributed by atoms with Crippen LogP contribution in [0.25, 0.3) is 0 Å². The molecular weight excluding hydrogens is 156 g/mol. The van der Waals surface area contributed by atoms with Gasteiger partial charge in [0.05, 0.1) is 0 Å². The average Bonchev–Trinajstić information content (AvgIpc) is 2.03. The molecule has 1 unspecified atom stereocenters. The van der Waals surface area contributed by atoms with Crippen LogP contribution in [0, 0.1) is 17.8 Å². The van der Waals surface area contributed by atoms with Crippen molar-refractivity contribution in [3.05, 3.63) is 0 Å². The van der Waals surface area contributed by atoms with Crippen molar-refractivity contribution in [2.24, 2.45) is 17.8 Å². The van der Waals surface area contributed by atoms with Crippen LogP contribution in [0.5, 0.6) is 0 Å². The second-order valence-electron chi connectivity index (χ2n) is 4.81. The van der Waals surface area contributed by atoms with Gasteiger partial charge in [0.1, 0.15) is 0 Å². The Balaban J connectivity index is 0. The molecule has 0 aromatic carbocycles. The molecule has 0 aliphatic rings. The summed E-state index contributed by atoms with van der Waals surface area (Å²) in [4.78, 5) is 0. The van der Waals surface area contributed by atoms with E-state index in [9.17, 15) is 0 Å². The standard InChI is InChI=1S/C7H16.C6H14/c1-5-7(4)6(2)3;1-4-5-6(2)3/h6-7H,5H2,1-4H3;6H,4-5H2,1-3H3. The van der Waals surface area contributed by atoms with E-state index in [-0.39, 0.29) is 0 Å². The van der Waals surface area contributed by atoms with Crippen LogP contribution in [0.15, 0.2) is 0 Å². The zero-order valence-corrected chi connectivity index (χ0v) is 10.9. The summed E-state index contributed by atoms with van der Waals surface area (Å²) in [5.41, 5.74) is 0. The Morgan fingerprint density at radius 2 is 1.31 bits per heavy atom. The van der Waals surface area contributed by atoms with E-state index in [0.29, 0.717) is 0 Å². The van der Waals surface area contributed by atoms with Crippen LogP contribution in [0.2, 0.25) is 0 Å². The minimum atomic E-state index is 0.866. The van der Waals surface area contributed by atoms with Gasteiger partial charge < -0.3 is 0 Å². The fraction of sp³-hybridized carbons (Fsp3) is 1.00. The molecule has 0 heterocycles. The summed E-state index contributed by atoms with van der Waals surface area (Å²) in [6.07, 6.45) is 4.02. The van der Waals surface area contributed by atoms with E-state index in [1.54, 1.807) is 0 Å². The highest BCUT2D eigenvalue weighted by Gasteiger charge is 2.01. The van der Waals surface area contributed by atoms with Crippen molar-refractivity contribution in [1.82, 2.24) is 0 Å². The van der Waals surface area contributed by atoms with E-state index in [2.05, 4.69) is 48.5 Å². The molecule has 0 aromatic rings. The Kier molecular flexibility index (Phi) is 12.0. The molecule has 0 spiro atoms. The smallest absolute Gasteiger partial charge is 0.0422 e. The van der Waals surface area contributed by atoms with Crippen LogP contribution < -0.4 is 0 Å². The molecule has 13 heavy (non-hydrogen) atoms. The Labute approximate surface area is 86.1 Å². The molecule has 0 aromatic heterocycles. The molecule has 82 valence electrons. The summed E-state index contributed by atoms with van der Waals surface area (Å²) in [5, 5.41) is 0. The Bertz CT molecular complexity index is 82.0. The van der Waals surface area contributed by atoms with Gasteiger partial charge in [-0.15, -0.1) is 0 Å². The van der Waals surface area contributed by atoms with Crippen LogP contribution in [-0.4, -0.2) is 0 Å². The van der Waals surface area contributed by atoms with Gasteiger partial charge in [0.25, 0.3) is 0 Å². The minimum Gasteiger partial charge on any atom is -0.0654 e. The maximum Gasteiger partial charge on any atom is -0.0422 e. The van der Waals surface area contributed by atoms with Crippen LogP contribution in [0.3, 0.4) is 0 Å². The van der Waals surface area contributed by atoms with E-state index < -0.39 is 0 Å². The summed E-state index contributed by atoms with van der Waals surface area (Å²) in [6, 6.07) is 0. The molecule has 0 aliphatic heterocycles. The highest BCUT2D eigenvalue weighted by atomic mass is 14.1. The van der Waals surface area contributed by atoms with Crippen LogP contribution in [0.1, 0.15) is 67.7 Å². The second-order valence-corrected chi connectivity index (χ2v) is 4.81. The first-order chi connectivity index (χ1) is 5.95. The highest BCUT2D eigenvalue weighted by Crippen LogP contribution is 2.11. The summed E-state index contributed by atoms with van der Waals surface area (Å²) in [5.74, 6) is 2.67. The third kappa shape index (κ3) is 14.8. The van der Waals surface area contributed by atoms with Gasteiger partial charge in [-0.3, -0.25) is 0 Å². The van der Waals surface area contributed by atoms with Gasteiger partial charge in [-0.05, 0) is 17.8 Å². The molecule has 0 amide bonds. The Hall–Kier alpha value is 0. The van der Waals surface area contributed by atoms with E-state index in [1.165, 1.54) is 19.3 Å². The van der Waals surface area contributed by atoms with Crippen molar-refractivity contribution in [3.63, 3.8) is 0 Å². The second kappa shape index (κ2) is 10.1. The molecule has 0 bridgehead atoms. The molecule has 0 radical (unpaired) electrons. The molecule has 0 nitrogen and oxygen atoms in total. The molecule has 0 aliphatic carbocycles. The monoisotopic (exact) mass is 186 g/mol. The molecular formula is C13H30. The van der Waals surface area contributed by atoms with Crippen LogP contribution >= 0.6 is 0 Å². The first kappa shape index (κ1) is 15.5. The maximum absolute atomic E-state index is 2.30. The highest BCUT2D eigenvalue weighted by molar-refractivity contribution is 4.52. The molecule has 0 saturated carbocycles. The molecule has 0 saturated heterocycles. The summed E-state index contributed by atoms with van der Waals surface area (Å²) in [6.45, 7) is 15.8. The molecule has 1 atom stereocenters. The predicted molar refractivity (Wildman–Crippen MR) is 64.0 cm³/mol. The van der Waals surface area contributed by atoms with Crippen molar-refractivity contribution >= 4 is 0 Å². The lowest BCUT2D eigenvalue weighted by Gasteiger charge is -2.10. The summed E-state index contributed by atoms with van der Waals surface area (Å²) >= 11 is 0. The molecule has 0 heteroatoms. The first-order valence-corrected chi connectivity index (χ1v) is 5.95. The Morgan fingerprint density at radius 3 is 1.31 bits per heavy atom. The third-order valence-electron chi connectivity index (χ3n) is 2.65. The SMILES string of the molecule is CCC(C)C(C)C.CCCC(C)C. The maximum atomic E-state index is 2.30. The number of hydrogen-bond donors (Lipinski definition) is 0. The fourth-order valence-corrected chi connectivity index (χ4v) is 1.05. The number of hydrogen-bond acceptors (Lipinski definition) is 0. The van der Waals surface area contributed by atoms with E-state index in [0.717, 1.165) is 17.8 Å². The van der Waals surface area contributed by atoms with Crippen molar-refractivity contribution in [3.8, 4) is 0 Å². The van der Waals surface area contributed by atoms with Crippen molar-refractivity contribution in [2.75, 3.05) is 0 Å². The van der Waals surface area contributed by atoms with E-state index >= 15 is 0 Å². The predicted octanol–water partition coefficient (Wildman–Crippen LogP) is 5.13. The van der Waals surface area contributed by atoms with Gasteiger partial charge in [0.2, 0.25) is 0 Å². The summed E-state index contributed by atoms with van der Waals surface area (Å²) < 4.78 is 0. The zero-order chi connectivity index (χ0) is 10.9. The molecule has 0 fully saturated rings. The van der Waals surface area contributed by atoms with Gasteiger partial charge in [0.15, 0.2) is 0 Å². The lowest BCUT2D eigenvalue weighted by atomic mass is 9.96.